The van der Waals surface area contributed by atoms with Gasteiger partial charge in [-0.1, -0.05) is 25.6 Å². The van der Waals surface area contributed by atoms with Crippen LogP contribution in [-0.2, 0) is 60.2 Å². The van der Waals surface area contributed by atoms with E-state index in [4.69, 9.17) is 19.5 Å². The van der Waals surface area contributed by atoms with Gasteiger partial charge in [0.2, 0.25) is 11.8 Å². The van der Waals surface area contributed by atoms with E-state index in [1.165, 1.54) is 13.8 Å². The fourth-order valence-corrected chi connectivity index (χ4v) is 8.02. The van der Waals surface area contributed by atoms with E-state index in [0.29, 0.717) is 0 Å². The van der Waals surface area contributed by atoms with Crippen molar-refractivity contribution in [1.29, 1.82) is 0 Å². The number of carbonyl (C=O) groups is 4. The molecule has 2 amide bonds. The Bertz CT molecular complexity index is 1850. The average molecular weight is 868 g/mol. The number of nitrogens with two attached hydrogens (primary N) is 1. The zero-order chi connectivity index (χ0) is 41.4. The fourth-order valence-electron chi connectivity index (χ4n) is 4.54. The predicted molar refractivity (Wildman–Crippen MR) is 184 cm³/mol. The zero-order valence-corrected chi connectivity index (χ0v) is 32.6. The van der Waals surface area contributed by atoms with Crippen LogP contribution in [0.4, 0.5) is 5.82 Å². The summed E-state index contributed by atoms with van der Waals surface area (Å²) in [7, 11) is -15.3. The molecule has 0 spiro atoms. The molecule has 7 atom stereocenters. The number of nitrogens with one attached hydrogen (secondary N) is 2. The van der Waals surface area contributed by atoms with Crippen LogP contribution in [0.1, 0.15) is 32.9 Å². The zero-order valence-electron chi connectivity index (χ0n) is 29.1. The summed E-state index contributed by atoms with van der Waals surface area (Å²) in [5.74, 6) is -2.10. The number of nitrogen functional groups attached to an aromatic ring is 1. The number of hydrogen-bond acceptors (Lipinski definition) is 20. The Morgan fingerprint density at radius 2 is 1.73 bits per heavy atom. The summed E-state index contributed by atoms with van der Waals surface area (Å²) < 4.78 is 66.3. The largest absolute Gasteiger partial charge is 0.481 e. The molecular formula is C25H40N7O19P3S. The molecule has 2 aromatic heterocycles. The van der Waals surface area contributed by atoms with E-state index in [-0.39, 0.29) is 42.2 Å². The number of aliphatic hydroxyl groups excluding tert-OH is 2. The fraction of sp³-hybridized carbons (Fsp3) is 0.640. The van der Waals surface area contributed by atoms with Crippen molar-refractivity contribution >= 4 is 75.1 Å². The van der Waals surface area contributed by atoms with Crippen molar-refractivity contribution in [3.63, 3.8) is 0 Å². The topological polar surface area (TPSA) is 390 Å². The van der Waals surface area contributed by atoms with Gasteiger partial charge in [0.1, 0.15) is 42.7 Å². The van der Waals surface area contributed by atoms with Gasteiger partial charge in [0, 0.05) is 30.7 Å². The number of ether oxygens (including phenoxy) is 2. The smallest absolute Gasteiger partial charge is 0.469 e. The van der Waals surface area contributed by atoms with Gasteiger partial charge >= 0.3 is 29.4 Å². The van der Waals surface area contributed by atoms with Crippen molar-refractivity contribution in [3.05, 3.63) is 12.7 Å². The molecule has 10 N–H and O–H groups in total. The Hall–Kier alpha value is -2.97. The number of aliphatic hydroxyl groups is 2. The standard InChI is InChI=1S/C25H40N7O19P3S/c1-25(2,20(37)23(38)28-5-4-14(33)27-6-7-55-16(35)8-15(34)46-3)10-48-54(44,45)51-53(42,43)47-9-13-19(50-52(39,40)41)18(36)24(49-13)32-12-31-17-21(26)29-11-30-22(17)32/h11-13,18-20,24,36-37H,4-10H2,1-3H3,(H,27,33)(H,28,38)(H,42,43)(H,44,45)(H2,26,29,30)(H2,39,40,41). The Labute approximate surface area is 315 Å². The Morgan fingerprint density at radius 3 is 2.38 bits per heavy atom. The van der Waals surface area contributed by atoms with Gasteiger partial charge in [0.05, 0.1) is 26.7 Å². The van der Waals surface area contributed by atoms with Gasteiger partial charge in [0.15, 0.2) is 22.8 Å². The molecule has 1 aliphatic heterocycles. The number of imidazole rings is 1. The minimum absolute atomic E-state index is 0.0215. The number of phosphoric ester groups is 3. The SMILES string of the molecule is COC(=O)CC(=O)SCCNC(=O)CCNC(=O)C(O)C(C)(C)COP(=O)(O)OP(=O)(O)OCC1OC(n2cnc3c(N)ncnc32)C(O)C1OP(=O)(O)O. The van der Waals surface area contributed by atoms with Crippen molar-refractivity contribution < 1.29 is 90.0 Å². The predicted octanol–water partition coefficient (Wildman–Crippen LogP) is -1.77. The van der Waals surface area contributed by atoms with E-state index in [2.05, 4.69) is 39.2 Å². The summed E-state index contributed by atoms with van der Waals surface area (Å²) >= 11 is 0.813. The van der Waals surface area contributed by atoms with E-state index >= 15 is 0 Å². The van der Waals surface area contributed by atoms with E-state index in [1.54, 1.807) is 0 Å². The van der Waals surface area contributed by atoms with Crippen molar-refractivity contribution in [2.45, 2.75) is 57.3 Å². The normalized spacial score (nSPS) is 21.7. The molecule has 7 unspecified atom stereocenters. The number of anilines is 1. The highest BCUT2D eigenvalue weighted by atomic mass is 32.2. The molecule has 1 saturated heterocycles. The molecule has 310 valence electrons. The van der Waals surface area contributed by atoms with Crippen molar-refractivity contribution in [3.8, 4) is 0 Å². The number of amides is 2. The number of fused-ring (bicyclic) bond motifs is 1. The number of rotatable bonds is 21. The summed E-state index contributed by atoms with van der Waals surface area (Å²) in [4.78, 5) is 98.0. The van der Waals surface area contributed by atoms with Crippen LogP contribution in [0.3, 0.4) is 0 Å². The molecule has 26 nitrogen and oxygen atoms in total. The van der Waals surface area contributed by atoms with E-state index in [1.807, 2.05) is 0 Å². The van der Waals surface area contributed by atoms with Gasteiger partial charge in [-0.2, -0.15) is 4.31 Å². The minimum Gasteiger partial charge on any atom is -0.469 e. The summed E-state index contributed by atoms with van der Waals surface area (Å²) in [6, 6.07) is 0. The molecule has 2 aromatic rings. The van der Waals surface area contributed by atoms with Crippen LogP contribution in [0.5, 0.6) is 0 Å². The van der Waals surface area contributed by atoms with Crippen LogP contribution in [0, 0.1) is 5.41 Å². The van der Waals surface area contributed by atoms with Gasteiger partial charge in [-0.3, -0.25) is 37.3 Å². The van der Waals surface area contributed by atoms with Crippen LogP contribution in [0.15, 0.2) is 12.7 Å². The molecular weight excluding hydrogens is 827 g/mol. The molecule has 0 aromatic carbocycles. The number of nitrogens with zero attached hydrogens (tertiary/aromatic N) is 4. The highest BCUT2D eigenvalue weighted by molar-refractivity contribution is 8.13. The molecule has 1 fully saturated rings. The minimum atomic E-state index is -5.58. The van der Waals surface area contributed by atoms with Crippen LogP contribution in [-0.4, -0.2) is 136 Å². The van der Waals surface area contributed by atoms with Crippen LogP contribution in [0.25, 0.3) is 11.2 Å². The molecule has 30 heteroatoms. The molecule has 1 aliphatic rings. The number of thioether (sulfide) groups is 1. The lowest BCUT2D eigenvalue weighted by Gasteiger charge is -2.30. The lowest BCUT2D eigenvalue weighted by molar-refractivity contribution is -0.142. The van der Waals surface area contributed by atoms with Gasteiger partial charge in [0.25, 0.3) is 0 Å². The second-order valence-corrected chi connectivity index (χ2v) is 17.4. The third-order valence-electron chi connectivity index (χ3n) is 7.28. The average Bonchev–Trinajstić information content (AvgIpc) is 3.64. The highest BCUT2D eigenvalue weighted by Crippen LogP contribution is 2.61. The van der Waals surface area contributed by atoms with E-state index in [0.717, 1.165) is 36.1 Å². The first-order valence-corrected chi connectivity index (χ1v) is 21.1. The van der Waals surface area contributed by atoms with E-state index < -0.39 is 102 Å². The molecule has 0 radical (unpaired) electrons. The molecule has 55 heavy (non-hydrogen) atoms. The van der Waals surface area contributed by atoms with Crippen LogP contribution in [0.2, 0.25) is 0 Å². The Balaban J connectivity index is 1.49. The maximum absolute atomic E-state index is 12.6. The first-order valence-electron chi connectivity index (χ1n) is 15.6. The monoisotopic (exact) mass is 867 g/mol. The van der Waals surface area contributed by atoms with Crippen LogP contribution >= 0.6 is 35.2 Å². The molecule has 3 heterocycles. The van der Waals surface area contributed by atoms with Crippen molar-refractivity contribution in [1.82, 2.24) is 30.2 Å². The highest BCUT2D eigenvalue weighted by Gasteiger charge is 2.50. The summed E-state index contributed by atoms with van der Waals surface area (Å²) in [6.45, 7) is 0.224. The van der Waals surface area contributed by atoms with Gasteiger partial charge in [-0.15, -0.1) is 0 Å². The number of esters is 1. The third-order valence-corrected chi connectivity index (χ3v) is 11.3. The maximum atomic E-state index is 12.6. The summed E-state index contributed by atoms with van der Waals surface area (Å²) in [5.41, 5.74) is 4.21. The quantitative estimate of drug-likeness (QED) is 0.0290. The number of phosphoric acid groups is 3. The van der Waals surface area contributed by atoms with Gasteiger partial charge < -0.3 is 55.6 Å². The molecule has 0 aliphatic carbocycles. The second kappa shape index (κ2) is 19.5. The molecule has 0 bridgehead atoms. The number of methoxy groups -OCH3 is 1. The lowest BCUT2D eigenvalue weighted by atomic mass is 9.87. The first kappa shape index (κ1) is 46.4. The number of carbonyl (C=O) groups excluding carboxylic acids is 4. The second-order valence-electron chi connectivity index (χ2n) is 12.0. The van der Waals surface area contributed by atoms with Crippen molar-refractivity contribution in [2.24, 2.45) is 5.41 Å². The van der Waals surface area contributed by atoms with Crippen molar-refractivity contribution in [2.75, 3.05) is 44.9 Å². The lowest BCUT2D eigenvalue weighted by Crippen LogP contribution is -2.46. The van der Waals surface area contributed by atoms with Gasteiger partial charge in [-0.05, 0) is 0 Å². The Morgan fingerprint density at radius 1 is 1.05 bits per heavy atom. The molecule has 0 saturated carbocycles. The number of hydrogen-bond donors (Lipinski definition) is 9. The first-order chi connectivity index (χ1) is 25.4. The summed E-state index contributed by atoms with van der Waals surface area (Å²) in [6.07, 6.45) is -7.49. The van der Waals surface area contributed by atoms with Crippen LogP contribution < -0.4 is 16.4 Å². The maximum Gasteiger partial charge on any atom is 0.481 e. The summed E-state index contributed by atoms with van der Waals surface area (Å²) in [5, 5.41) is 25.7. The number of aromatic nitrogens is 4. The third kappa shape index (κ3) is 14.2. The Kier molecular flexibility index (Phi) is 16.4. The molecule has 3 rings (SSSR count). The van der Waals surface area contributed by atoms with E-state index in [9.17, 15) is 62.7 Å². The van der Waals surface area contributed by atoms with Gasteiger partial charge in [-0.25, -0.2) is 28.6 Å².